The third kappa shape index (κ3) is 5.39. The summed E-state index contributed by atoms with van der Waals surface area (Å²) >= 11 is 0. The normalized spacial score (nSPS) is 27.4. The molecule has 0 bridgehead atoms. The summed E-state index contributed by atoms with van der Waals surface area (Å²) in [6.07, 6.45) is -2.87. The van der Waals surface area contributed by atoms with Crippen LogP contribution >= 0.6 is 0 Å². The van der Waals surface area contributed by atoms with Crippen molar-refractivity contribution in [1.29, 1.82) is 0 Å². The fourth-order valence-corrected chi connectivity index (χ4v) is 5.23. The van der Waals surface area contributed by atoms with E-state index in [1.165, 1.54) is 0 Å². The first kappa shape index (κ1) is 22.1. The molecule has 10 nitrogen and oxygen atoms in total. The van der Waals surface area contributed by atoms with Crippen molar-refractivity contribution in [2.24, 2.45) is 10.8 Å². The Hall–Kier alpha value is -1.24. The van der Waals surface area contributed by atoms with Gasteiger partial charge in [0.25, 0.3) is 20.2 Å². The second-order valence-corrected chi connectivity index (χ2v) is 11.5. The van der Waals surface area contributed by atoms with Crippen molar-refractivity contribution in [3.8, 4) is 0 Å². The topological polar surface area (TPSA) is 139 Å². The molecule has 2 saturated heterocycles. The Kier molecular flexibility index (Phi) is 5.96. The van der Waals surface area contributed by atoms with Gasteiger partial charge in [0.2, 0.25) is 0 Å². The van der Waals surface area contributed by atoms with E-state index in [4.69, 9.17) is 17.8 Å². The van der Waals surface area contributed by atoms with Crippen molar-refractivity contribution in [3.05, 3.63) is 0 Å². The zero-order valence-electron chi connectivity index (χ0n) is 15.6. The smallest absolute Gasteiger partial charge is 0.337 e. The lowest BCUT2D eigenvalue weighted by atomic mass is 9.90. The highest BCUT2D eigenvalue weighted by Gasteiger charge is 2.48. The lowest BCUT2D eigenvalue weighted by molar-refractivity contribution is -0.144. The fourth-order valence-electron chi connectivity index (χ4n) is 2.60. The molecular weight excluding hydrogens is 404 g/mol. The van der Waals surface area contributed by atoms with Crippen LogP contribution < -0.4 is 0 Å². The predicted octanol–water partition coefficient (Wildman–Crippen LogP) is -0.0275. The molecule has 2 rings (SSSR count). The highest BCUT2D eigenvalue weighted by Crippen LogP contribution is 2.33. The van der Waals surface area contributed by atoms with Crippen molar-refractivity contribution in [1.82, 2.24) is 0 Å². The number of esters is 2. The van der Waals surface area contributed by atoms with Gasteiger partial charge in [0.05, 0.1) is 24.7 Å². The summed E-state index contributed by atoms with van der Waals surface area (Å²) < 4.78 is 67.7. The first-order valence-corrected chi connectivity index (χ1v) is 11.5. The van der Waals surface area contributed by atoms with Crippen LogP contribution in [0.4, 0.5) is 0 Å². The summed E-state index contributed by atoms with van der Waals surface area (Å²) in [6, 6.07) is 0. The fraction of sp³-hybridized carbons (Fsp3) is 0.867. The first-order chi connectivity index (χ1) is 12.2. The quantitative estimate of drug-likeness (QED) is 0.382. The van der Waals surface area contributed by atoms with Crippen LogP contribution in [0.5, 0.6) is 0 Å². The molecule has 27 heavy (non-hydrogen) atoms. The average molecular weight is 428 g/mol. The van der Waals surface area contributed by atoms with Gasteiger partial charge in [0.1, 0.15) is 0 Å². The second-order valence-electron chi connectivity index (χ2n) is 8.02. The van der Waals surface area contributed by atoms with E-state index in [-0.39, 0.29) is 19.6 Å². The maximum absolute atomic E-state index is 12.1. The van der Waals surface area contributed by atoms with Crippen LogP contribution in [-0.4, -0.2) is 65.7 Å². The number of hydrogen-bond acceptors (Lipinski definition) is 10. The Morgan fingerprint density at radius 2 is 1.15 bits per heavy atom. The Morgan fingerprint density at radius 1 is 0.815 bits per heavy atom. The van der Waals surface area contributed by atoms with Gasteiger partial charge >= 0.3 is 11.9 Å². The van der Waals surface area contributed by atoms with E-state index >= 15 is 0 Å². The van der Waals surface area contributed by atoms with Crippen molar-refractivity contribution < 1.29 is 44.3 Å². The maximum Gasteiger partial charge on any atom is 0.337 e. The van der Waals surface area contributed by atoms with Crippen molar-refractivity contribution in [2.75, 3.05) is 24.7 Å². The van der Waals surface area contributed by atoms with Gasteiger partial charge in [-0.1, -0.05) is 27.7 Å². The maximum atomic E-state index is 12.1. The van der Waals surface area contributed by atoms with E-state index in [1.54, 1.807) is 27.7 Å². The third-order valence-electron chi connectivity index (χ3n) is 4.29. The van der Waals surface area contributed by atoms with Gasteiger partial charge in [0.15, 0.2) is 12.2 Å². The molecule has 2 aliphatic rings. The summed E-state index contributed by atoms with van der Waals surface area (Å²) in [5.74, 6) is -2.81. The molecule has 2 fully saturated rings. The molecule has 0 aromatic carbocycles. The highest BCUT2D eigenvalue weighted by molar-refractivity contribution is 7.87. The van der Waals surface area contributed by atoms with Crippen molar-refractivity contribution in [3.63, 3.8) is 0 Å². The molecule has 2 atom stereocenters. The van der Waals surface area contributed by atoms with Crippen LogP contribution in [0, 0.1) is 10.8 Å². The number of carbonyl (C=O) groups is 2. The van der Waals surface area contributed by atoms with E-state index in [2.05, 4.69) is 0 Å². The lowest BCUT2D eigenvalue weighted by Crippen LogP contribution is -2.36. The van der Waals surface area contributed by atoms with Crippen LogP contribution in [0.15, 0.2) is 0 Å². The molecule has 2 aliphatic heterocycles. The Bertz CT molecular complexity index is 742. The first-order valence-electron chi connectivity index (χ1n) is 8.30. The number of rotatable bonds is 8. The minimum Gasteiger partial charge on any atom is -0.463 e. The molecule has 2 heterocycles. The van der Waals surface area contributed by atoms with Crippen LogP contribution in [0.25, 0.3) is 0 Å². The summed E-state index contributed by atoms with van der Waals surface area (Å²) in [4.78, 5) is 23.2. The van der Waals surface area contributed by atoms with Crippen LogP contribution in [-0.2, 0) is 47.7 Å². The summed E-state index contributed by atoms with van der Waals surface area (Å²) in [6.45, 7) is 6.55. The van der Waals surface area contributed by atoms with E-state index in [9.17, 15) is 26.4 Å². The van der Waals surface area contributed by atoms with E-state index in [1.807, 2.05) is 0 Å². The van der Waals surface area contributed by atoms with Crippen LogP contribution in [0.3, 0.4) is 0 Å². The van der Waals surface area contributed by atoms with Crippen molar-refractivity contribution in [2.45, 2.75) is 46.3 Å². The SMILES string of the molecule is CC1(C)COC(=O)[C@@H]1OS(=O)(=O)CCCS(=O)(=O)O[C@H]1C(=O)OCC1(C)C. The van der Waals surface area contributed by atoms with E-state index in [0.717, 1.165) is 0 Å². The van der Waals surface area contributed by atoms with Gasteiger partial charge < -0.3 is 9.47 Å². The van der Waals surface area contributed by atoms with Gasteiger partial charge in [-0.15, -0.1) is 0 Å². The Balaban J connectivity index is 1.90. The number of carbonyl (C=O) groups excluding carboxylic acids is 2. The summed E-state index contributed by atoms with van der Waals surface area (Å²) in [5, 5.41) is 0. The molecule has 0 N–H and O–H groups in total. The highest BCUT2D eigenvalue weighted by atomic mass is 32.2. The summed E-state index contributed by atoms with van der Waals surface area (Å²) in [7, 11) is -8.33. The minimum absolute atomic E-state index is 0.0293. The molecule has 12 heteroatoms. The summed E-state index contributed by atoms with van der Waals surface area (Å²) in [5.41, 5.74) is -1.62. The van der Waals surface area contributed by atoms with Gasteiger partial charge in [-0.2, -0.15) is 16.8 Å². The Labute approximate surface area is 158 Å². The molecule has 0 unspecified atom stereocenters. The number of cyclic esters (lactones) is 2. The van der Waals surface area contributed by atoms with Gasteiger partial charge in [-0.3, -0.25) is 8.37 Å². The molecule has 0 amide bonds. The predicted molar refractivity (Wildman–Crippen MR) is 91.4 cm³/mol. The lowest BCUT2D eigenvalue weighted by Gasteiger charge is -2.22. The zero-order chi connectivity index (χ0) is 20.7. The molecule has 0 aromatic rings. The molecule has 0 radical (unpaired) electrons. The van der Waals surface area contributed by atoms with Crippen LogP contribution in [0.2, 0.25) is 0 Å². The molecule has 0 saturated carbocycles. The van der Waals surface area contributed by atoms with Crippen molar-refractivity contribution >= 4 is 32.2 Å². The Morgan fingerprint density at radius 3 is 1.41 bits per heavy atom. The monoisotopic (exact) mass is 428 g/mol. The van der Waals surface area contributed by atoms with Gasteiger partial charge in [-0.05, 0) is 6.42 Å². The minimum atomic E-state index is -4.16. The largest absolute Gasteiger partial charge is 0.463 e. The average Bonchev–Trinajstić information content (AvgIpc) is 2.90. The van der Waals surface area contributed by atoms with Gasteiger partial charge in [-0.25, -0.2) is 9.59 Å². The van der Waals surface area contributed by atoms with Crippen LogP contribution in [0.1, 0.15) is 34.1 Å². The second kappa shape index (κ2) is 7.30. The third-order valence-corrected chi connectivity index (χ3v) is 6.84. The molecule has 0 spiro atoms. The molecule has 0 aliphatic carbocycles. The molecular formula is C15H24O10S2. The van der Waals surface area contributed by atoms with E-state index in [0.29, 0.717) is 0 Å². The molecule has 156 valence electrons. The van der Waals surface area contributed by atoms with E-state index < -0.39 is 66.7 Å². The zero-order valence-corrected chi connectivity index (χ0v) is 17.2. The standard InChI is InChI=1S/C15H24O10S2/c1-14(2)8-22-12(16)10(14)24-26(18,19)6-5-7-27(20,21)25-11-13(17)23-9-15(11,3)4/h10-11H,5-9H2,1-4H3/t10-,11-/m0/s1. The number of ether oxygens (including phenoxy) is 2. The van der Waals surface area contributed by atoms with Gasteiger partial charge in [0, 0.05) is 10.8 Å². The molecule has 0 aromatic heterocycles. The number of hydrogen-bond donors (Lipinski definition) is 0.